The molecule has 5 nitrogen and oxygen atoms in total. The van der Waals surface area contributed by atoms with Gasteiger partial charge in [0, 0.05) is 25.6 Å². The van der Waals surface area contributed by atoms with Crippen LogP contribution in [0.1, 0.15) is 29.7 Å². The van der Waals surface area contributed by atoms with Crippen LogP contribution in [0.4, 0.5) is 5.82 Å². The van der Waals surface area contributed by atoms with E-state index in [2.05, 4.69) is 27.3 Å². The predicted octanol–water partition coefficient (Wildman–Crippen LogP) is 3.45. The summed E-state index contributed by atoms with van der Waals surface area (Å²) in [4.78, 5) is 18.8. The van der Waals surface area contributed by atoms with Gasteiger partial charge in [0.25, 0.3) is 0 Å². The van der Waals surface area contributed by atoms with E-state index >= 15 is 0 Å². The summed E-state index contributed by atoms with van der Waals surface area (Å²) in [5, 5.41) is 12.5. The highest BCUT2D eigenvalue weighted by Crippen LogP contribution is 2.24. The largest absolute Gasteiger partial charge is 0.357 e. The number of benzene rings is 1. The summed E-state index contributed by atoms with van der Waals surface area (Å²) in [5.74, 6) is 0.857. The van der Waals surface area contributed by atoms with Crippen molar-refractivity contribution in [2.24, 2.45) is 5.92 Å². The molecular weight excluding hydrogens is 348 g/mol. The van der Waals surface area contributed by atoms with Gasteiger partial charge in [-0.25, -0.2) is 4.98 Å². The van der Waals surface area contributed by atoms with Crippen molar-refractivity contribution >= 4 is 23.3 Å². The number of nitriles is 1. The van der Waals surface area contributed by atoms with Gasteiger partial charge in [-0.05, 0) is 37.5 Å². The zero-order valence-corrected chi connectivity index (χ0v) is 15.5. The van der Waals surface area contributed by atoms with Gasteiger partial charge in [0.05, 0.1) is 5.02 Å². The van der Waals surface area contributed by atoms with Crippen LogP contribution in [0.25, 0.3) is 0 Å². The second-order valence-electron chi connectivity index (χ2n) is 6.58. The third-order valence-corrected chi connectivity index (χ3v) is 5.02. The molecule has 2 heterocycles. The van der Waals surface area contributed by atoms with Crippen molar-refractivity contribution < 1.29 is 4.79 Å². The van der Waals surface area contributed by atoms with Gasteiger partial charge >= 0.3 is 0 Å². The number of piperidine rings is 1. The summed E-state index contributed by atoms with van der Waals surface area (Å²) < 4.78 is 0. The number of anilines is 1. The molecule has 6 heteroatoms. The van der Waals surface area contributed by atoms with Crippen molar-refractivity contribution in [2.75, 3.05) is 18.0 Å². The lowest BCUT2D eigenvalue weighted by molar-refractivity contribution is -0.125. The molecular formula is C20H21ClN4O. The van der Waals surface area contributed by atoms with Gasteiger partial charge < -0.3 is 10.2 Å². The van der Waals surface area contributed by atoms with Crippen molar-refractivity contribution in [3.8, 4) is 6.07 Å². The number of hydrogen-bond acceptors (Lipinski definition) is 4. The Labute approximate surface area is 158 Å². The summed E-state index contributed by atoms with van der Waals surface area (Å²) in [5.41, 5.74) is 2.56. The normalized spacial score (nSPS) is 14.7. The van der Waals surface area contributed by atoms with Gasteiger partial charge in [0.15, 0.2) is 5.69 Å². The first kappa shape index (κ1) is 18.2. The van der Waals surface area contributed by atoms with Gasteiger partial charge in [-0.3, -0.25) is 4.79 Å². The summed E-state index contributed by atoms with van der Waals surface area (Å²) in [6.45, 7) is 4.08. The number of aryl methyl sites for hydroxylation is 1. The third-order valence-electron chi connectivity index (χ3n) is 4.71. The predicted molar refractivity (Wildman–Crippen MR) is 102 cm³/mol. The highest BCUT2D eigenvalue weighted by molar-refractivity contribution is 6.31. The van der Waals surface area contributed by atoms with Crippen molar-refractivity contribution in [1.82, 2.24) is 10.3 Å². The van der Waals surface area contributed by atoms with Gasteiger partial charge in [0.2, 0.25) is 5.91 Å². The molecule has 0 unspecified atom stereocenters. The molecule has 1 aliphatic rings. The first-order chi connectivity index (χ1) is 12.6. The van der Waals surface area contributed by atoms with E-state index in [0.29, 0.717) is 11.6 Å². The number of halogens is 1. The maximum atomic E-state index is 12.4. The first-order valence-corrected chi connectivity index (χ1v) is 9.09. The fourth-order valence-electron chi connectivity index (χ4n) is 3.10. The van der Waals surface area contributed by atoms with Crippen molar-refractivity contribution in [3.05, 3.63) is 58.2 Å². The molecule has 0 saturated carbocycles. The Hall–Kier alpha value is -2.58. The van der Waals surface area contributed by atoms with Gasteiger partial charge in [0.1, 0.15) is 11.9 Å². The number of nitrogens with one attached hydrogen (secondary N) is 1. The maximum absolute atomic E-state index is 12.4. The Bertz CT molecular complexity index is 821. The molecule has 1 aliphatic heterocycles. The van der Waals surface area contributed by atoms with E-state index in [9.17, 15) is 4.79 Å². The molecule has 0 radical (unpaired) electrons. The number of rotatable bonds is 4. The Balaban J connectivity index is 1.52. The van der Waals surface area contributed by atoms with E-state index in [4.69, 9.17) is 16.9 Å². The number of amides is 1. The highest BCUT2D eigenvalue weighted by Gasteiger charge is 2.25. The fraction of sp³-hybridized carbons (Fsp3) is 0.350. The van der Waals surface area contributed by atoms with Crippen molar-refractivity contribution in [3.63, 3.8) is 0 Å². The smallest absolute Gasteiger partial charge is 0.223 e. The van der Waals surface area contributed by atoms with Crippen molar-refractivity contribution in [2.45, 2.75) is 26.3 Å². The number of hydrogen-bond donors (Lipinski definition) is 1. The van der Waals surface area contributed by atoms with E-state index in [0.717, 1.165) is 37.3 Å². The van der Waals surface area contributed by atoms with Crippen LogP contribution in [0.5, 0.6) is 0 Å². The molecule has 1 aromatic carbocycles. The Morgan fingerprint density at radius 1 is 1.27 bits per heavy atom. The summed E-state index contributed by atoms with van der Waals surface area (Å²) >= 11 is 5.94. The van der Waals surface area contributed by atoms with Crippen LogP contribution in [0.3, 0.4) is 0 Å². The molecule has 1 amide bonds. The molecule has 0 aliphatic carbocycles. The lowest BCUT2D eigenvalue weighted by Crippen LogP contribution is -2.40. The van der Waals surface area contributed by atoms with E-state index in [1.54, 1.807) is 6.07 Å². The molecule has 3 rings (SSSR count). The maximum Gasteiger partial charge on any atom is 0.223 e. The molecule has 0 spiro atoms. The second kappa shape index (κ2) is 8.20. The van der Waals surface area contributed by atoms with Crippen LogP contribution >= 0.6 is 11.6 Å². The van der Waals surface area contributed by atoms with Crippen LogP contribution in [0, 0.1) is 24.2 Å². The van der Waals surface area contributed by atoms with E-state index < -0.39 is 0 Å². The average Bonchev–Trinajstić information content (AvgIpc) is 2.68. The highest BCUT2D eigenvalue weighted by atomic mass is 35.5. The van der Waals surface area contributed by atoms with Crippen LogP contribution in [0.15, 0.2) is 36.4 Å². The number of carbonyl (C=O) groups excluding carboxylic acids is 1. The van der Waals surface area contributed by atoms with E-state index in [-0.39, 0.29) is 17.5 Å². The molecule has 1 aromatic heterocycles. The van der Waals surface area contributed by atoms with Crippen LogP contribution in [-0.4, -0.2) is 24.0 Å². The van der Waals surface area contributed by atoms with E-state index in [1.807, 2.05) is 31.2 Å². The van der Waals surface area contributed by atoms with E-state index in [1.165, 1.54) is 5.56 Å². The molecule has 2 aromatic rings. The molecule has 1 saturated heterocycles. The zero-order valence-electron chi connectivity index (χ0n) is 14.7. The number of pyridine rings is 1. The molecule has 26 heavy (non-hydrogen) atoms. The standard InChI is InChI=1S/C20H21ClN4O/c1-14-2-4-15(5-3-14)13-23-20(26)16-8-10-25(11-9-16)19-7-6-17(21)18(12-22)24-19/h2-7,16H,8-11,13H2,1H3,(H,23,26). The minimum atomic E-state index is 0.0134. The van der Waals surface area contributed by atoms with Gasteiger partial charge in [-0.1, -0.05) is 41.4 Å². The number of aromatic nitrogens is 1. The second-order valence-corrected chi connectivity index (χ2v) is 6.98. The number of carbonyl (C=O) groups is 1. The number of nitrogens with zero attached hydrogens (tertiary/aromatic N) is 3. The molecule has 0 atom stereocenters. The van der Waals surface area contributed by atoms with Crippen LogP contribution < -0.4 is 10.2 Å². The average molecular weight is 369 g/mol. The Kier molecular flexibility index (Phi) is 5.75. The van der Waals surface area contributed by atoms with Gasteiger partial charge in [-0.2, -0.15) is 5.26 Å². The van der Waals surface area contributed by atoms with Crippen LogP contribution in [0.2, 0.25) is 5.02 Å². The first-order valence-electron chi connectivity index (χ1n) is 8.71. The topological polar surface area (TPSA) is 69.0 Å². The zero-order chi connectivity index (χ0) is 18.5. The van der Waals surface area contributed by atoms with Crippen LogP contribution in [-0.2, 0) is 11.3 Å². The minimum absolute atomic E-state index is 0.0134. The summed E-state index contributed by atoms with van der Waals surface area (Å²) in [7, 11) is 0. The Morgan fingerprint density at radius 2 is 1.96 bits per heavy atom. The molecule has 134 valence electrons. The Morgan fingerprint density at radius 3 is 2.62 bits per heavy atom. The fourth-order valence-corrected chi connectivity index (χ4v) is 3.24. The molecule has 0 bridgehead atoms. The van der Waals surface area contributed by atoms with Gasteiger partial charge in [-0.15, -0.1) is 0 Å². The lowest BCUT2D eigenvalue weighted by Gasteiger charge is -2.32. The summed E-state index contributed by atoms with van der Waals surface area (Å²) in [6, 6.07) is 13.7. The van der Waals surface area contributed by atoms with Crippen molar-refractivity contribution in [1.29, 1.82) is 5.26 Å². The molecule has 1 N–H and O–H groups in total. The monoisotopic (exact) mass is 368 g/mol. The third kappa shape index (κ3) is 4.33. The molecule has 1 fully saturated rings. The minimum Gasteiger partial charge on any atom is -0.357 e. The SMILES string of the molecule is Cc1ccc(CNC(=O)C2CCN(c3ccc(Cl)c(C#N)n3)CC2)cc1. The summed E-state index contributed by atoms with van der Waals surface area (Å²) in [6.07, 6.45) is 1.54. The quantitative estimate of drug-likeness (QED) is 0.897. The lowest BCUT2D eigenvalue weighted by atomic mass is 9.95.